The van der Waals surface area contributed by atoms with Crippen LogP contribution in [-0.2, 0) is 9.59 Å². The van der Waals surface area contributed by atoms with Gasteiger partial charge in [0.05, 0.1) is 5.92 Å². The van der Waals surface area contributed by atoms with E-state index >= 15 is 0 Å². The van der Waals surface area contributed by atoms with Gasteiger partial charge in [0.2, 0.25) is 11.8 Å². The molecule has 27 heavy (non-hydrogen) atoms. The third-order valence-corrected chi connectivity index (χ3v) is 5.68. The summed E-state index contributed by atoms with van der Waals surface area (Å²) in [5.74, 6) is 2.22. The van der Waals surface area contributed by atoms with E-state index in [-0.39, 0.29) is 17.7 Å². The van der Waals surface area contributed by atoms with Crippen molar-refractivity contribution in [2.24, 2.45) is 11.7 Å². The number of ether oxygens (including phenoxy) is 2. The highest BCUT2D eigenvalue weighted by molar-refractivity contribution is 7.99. The molecule has 0 aromatic heterocycles. The summed E-state index contributed by atoms with van der Waals surface area (Å²) in [6.07, 6.45) is 2.14. The van der Waals surface area contributed by atoms with Crippen molar-refractivity contribution in [1.29, 1.82) is 0 Å². The first-order chi connectivity index (χ1) is 13.2. The van der Waals surface area contributed by atoms with E-state index in [2.05, 4.69) is 5.32 Å². The van der Waals surface area contributed by atoms with Crippen LogP contribution in [-0.4, -0.2) is 61.9 Å². The number of nitrogens with zero attached hydrogens (tertiary/aromatic N) is 1. The van der Waals surface area contributed by atoms with Gasteiger partial charge in [0, 0.05) is 43.2 Å². The van der Waals surface area contributed by atoms with Gasteiger partial charge in [0.15, 0.2) is 11.5 Å². The Hall–Kier alpha value is -1.93. The van der Waals surface area contributed by atoms with Crippen molar-refractivity contribution in [3.63, 3.8) is 0 Å². The van der Waals surface area contributed by atoms with E-state index in [1.54, 1.807) is 11.8 Å². The van der Waals surface area contributed by atoms with E-state index in [1.165, 1.54) is 0 Å². The van der Waals surface area contributed by atoms with Gasteiger partial charge < -0.3 is 25.4 Å². The number of carbonyl (C=O) groups excluding carboxylic acids is 2. The third-order valence-electron chi connectivity index (χ3n) is 4.69. The summed E-state index contributed by atoms with van der Waals surface area (Å²) < 4.78 is 11.1. The molecule has 7 nitrogen and oxygen atoms in total. The van der Waals surface area contributed by atoms with Crippen LogP contribution in [0, 0.1) is 5.92 Å². The van der Waals surface area contributed by atoms with Crippen LogP contribution in [0.25, 0.3) is 0 Å². The molecule has 3 N–H and O–H groups in total. The molecule has 1 saturated heterocycles. The lowest BCUT2D eigenvalue weighted by molar-refractivity contribution is -0.135. The number of fused-ring (bicyclic) bond motifs is 1. The second-order valence-electron chi connectivity index (χ2n) is 6.66. The van der Waals surface area contributed by atoms with Crippen LogP contribution in [0.5, 0.6) is 11.5 Å². The molecule has 8 heteroatoms. The highest BCUT2D eigenvalue weighted by atomic mass is 32.2. The fourth-order valence-electron chi connectivity index (χ4n) is 3.29. The topological polar surface area (TPSA) is 93.9 Å². The molecular formula is C19H27N3O4S. The van der Waals surface area contributed by atoms with Crippen LogP contribution in [0.2, 0.25) is 0 Å². The molecule has 0 aliphatic carbocycles. The van der Waals surface area contributed by atoms with Crippen LogP contribution in [0.15, 0.2) is 23.1 Å². The van der Waals surface area contributed by atoms with Gasteiger partial charge >= 0.3 is 0 Å². The predicted octanol–water partition coefficient (Wildman–Crippen LogP) is 1.25. The van der Waals surface area contributed by atoms with Gasteiger partial charge in [0.1, 0.15) is 13.2 Å². The summed E-state index contributed by atoms with van der Waals surface area (Å²) in [6.45, 7) is 3.29. The van der Waals surface area contributed by atoms with Crippen LogP contribution in [0.1, 0.15) is 19.3 Å². The van der Waals surface area contributed by atoms with Gasteiger partial charge in [0.25, 0.3) is 0 Å². The molecule has 3 rings (SSSR count). The van der Waals surface area contributed by atoms with Crippen molar-refractivity contribution >= 4 is 23.6 Å². The molecule has 1 atom stereocenters. The lowest BCUT2D eigenvalue weighted by atomic mass is 9.97. The Bertz CT molecular complexity index is 670. The highest BCUT2D eigenvalue weighted by Crippen LogP contribution is 2.34. The molecule has 2 heterocycles. The minimum Gasteiger partial charge on any atom is -0.486 e. The lowest BCUT2D eigenvalue weighted by Gasteiger charge is -2.32. The molecular weight excluding hydrogens is 366 g/mol. The molecule has 2 amide bonds. The maximum absolute atomic E-state index is 12.5. The lowest BCUT2D eigenvalue weighted by Crippen LogP contribution is -2.46. The number of amides is 2. The fraction of sp³-hybridized carbons (Fsp3) is 0.579. The quantitative estimate of drug-likeness (QED) is 0.677. The Kier molecular flexibility index (Phi) is 7.23. The number of benzene rings is 1. The molecule has 1 aromatic rings. The van der Waals surface area contributed by atoms with Crippen molar-refractivity contribution in [2.75, 3.05) is 45.1 Å². The van der Waals surface area contributed by atoms with Crippen LogP contribution in [0.4, 0.5) is 0 Å². The van der Waals surface area contributed by atoms with Gasteiger partial charge in [-0.2, -0.15) is 0 Å². The predicted molar refractivity (Wildman–Crippen MR) is 104 cm³/mol. The number of nitrogens with two attached hydrogens (primary N) is 1. The van der Waals surface area contributed by atoms with Crippen molar-refractivity contribution in [3.05, 3.63) is 18.2 Å². The SMILES string of the molecule is NCCNC(=O)C1CCCN(C(=O)CCSc2ccc3c(c2)OCCO3)C1. The molecule has 0 saturated carbocycles. The fourth-order valence-corrected chi connectivity index (χ4v) is 4.15. The van der Waals surface area contributed by atoms with Gasteiger partial charge in [-0.3, -0.25) is 9.59 Å². The zero-order chi connectivity index (χ0) is 19.1. The smallest absolute Gasteiger partial charge is 0.224 e. The van der Waals surface area contributed by atoms with Crippen LogP contribution < -0.4 is 20.5 Å². The first-order valence-corrected chi connectivity index (χ1v) is 10.4. The molecule has 0 bridgehead atoms. The van der Waals surface area contributed by atoms with E-state index in [1.807, 2.05) is 23.1 Å². The van der Waals surface area contributed by atoms with Crippen LogP contribution >= 0.6 is 11.8 Å². The number of piperidine rings is 1. The number of nitrogens with one attached hydrogen (secondary N) is 1. The summed E-state index contributed by atoms with van der Waals surface area (Å²) in [4.78, 5) is 27.5. The zero-order valence-electron chi connectivity index (χ0n) is 15.4. The van der Waals surface area contributed by atoms with E-state index in [0.29, 0.717) is 45.0 Å². The summed E-state index contributed by atoms with van der Waals surface area (Å²) in [5.41, 5.74) is 5.43. The number of carbonyl (C=O) groups is 2. The second kappa shape index (κ2) is 9.85. The Morgan fingerprint density at radius 1 is 1.26 bits per heavy atom. The molecule has 2 aliphatic heterocycles. The molecule has 1 unspecified atom stereocenters. The largest absolute Gasteiger partial charge is 0.486 e. The third kappa shape index (κ3) is 5.52. The van der Waals surface area contributed by atoms with Crippen molar-refractivity contribution in [3.8, 4) is 11.5 Å². The minimum absolute atomic E-state index is 0.00334. The number of likely N-dealkylation sites (tertiary alicyclic amines) is 1. The summed E-state index contributed by atoms with van der Waals surface area (Å²) in [6, 6.07) is 5.86. The summed E-state index contributed by atoms with van der Waals surface area (Å²) in [7, 11) is 0. The number of hydrogen-bond acceptors (Lipinski definition) is 6. The first-order valence-electron chi connectivity index (χ1n) is 9.45. The second-order valence-corrected chi connectivity index (χ2v) is 7.83. The van der Waals surface area contributed by atoms with E-state index in [9.17, 15) is 9.59 Å². The average Bonchev–Trinajstić information content (AvgIpc) is 2.72. The van der Waals surface area contributed by atoms with Gasteiger partial charge in [-0.25, -0.2) is 0 Å². The molecule has 148 valence electrons. The number of hydrogen-bond donors (Lipinski definition) is 2. The Morgan fingerprint density at radius 3 is 2.89 bits per heavy atom. The van der Waals surface area contributed by atoms with Crippen molar-refractivity contribution < 1.29 is 19.1 Å². The van der Waals surface area contributed by atoms with Gasteiger partial charge in [-0.15, -0.1) is 11.8 Å². The maximum atomic E-state index is 12.5. The monoisotopic (exact) mass is 393 g/mol. The number of rotatable bonds is 7. The Labute approximate surface area is 163 Å². The van der Waals surface area contributed by atoms with E-state index in [0.717, 1.165) is 35.8 Å². The molecule has 1 fully saturated rings. The Morgan fingerprint density at radius 2 is 2.07 bits per heavy atom. The van der Waals surface area contributed by atoms with E-state index < -0.39 is 0 Å². The van der Waals surface area contributed by atoms with Crippen molar-refractivity contribution in [1.82, 2.24) is 10.2 Å². The normalized spacial score (nSPS) is 18.9. The maximum Gasteiger partial charge on any atom is 0.224 e. The summed E-state index contributed by atoms with van der Waals surface area (Å²) >= 11 is 1.63. The average molecular weight is 394 g/mol. The zero-order valence-corrected chi connectivity index (χ0v) is 16.3. The molecule has 2 aliphatic rings. The Balaban J connectivity index is 1.44. The molecule has 1 aromatic carbocycles. The minimum atomic E-state index is -0.125. The first kappa shape index (κ1) is 19.8. The van der Waals surface area contributed by atoms with Crippen molar-refractivity contribution in [2.45, 2.75) is 24.2 Å². The standard InChI is InChI=1S/C19H27N3O4S/c20-6-7-21-19(24)14-2-1-8-22(13-14)18(23)5-11-27-15-3-4-16-17(12-15)26-10-9-25-16/h3-4,12,14H,1-2,5-11,13,20H2,(H,21,24). The molecule has 0 radical (unpaired) electrons. The van der Waals surface area contributed by atoms with Gasteiger partial charge in [-0.1, -0.05) is 0 Å². The van der Waals surface area contributed by atoms with Crippen LogP contribution in [0.3, 0.4) is 0 Å². The highest BCUT2D eigenvalue weighted by Gasteiger charge is 2.27. The number of thioether (sulfide) groups is 1. The summed E-state index contributed by atoms with van der Waals surface area (Å²) in [5, 5.41) is 2.82. The van der Waals surface area contributed by atoms with Gasteiger partial charge in [-0.05, 0) is 31.0 Å². The van der Waals surface area contributed by atoms with E-state index in [4.69, 9.17) is 15.2 Å². The molecule has 0 spiro atoms.